The summed E-state index contributed by atoms with van der Waals surface area (Å²) in [6.45, 7) is 0.682. The molecule has 0 bridgehead atoms. The van der Waals surface area contributed by atoms with Crippen LogP contribution < -0.4 is 5.73 Å². The molecule has 4 heteroatoms. The van der Waals surface area contributed by atoms with Crippen molar-refractivity contribution in [1.82, 2.24) is 0 Å². The molecule has 0 rings (SSSR count). The van der Waals surface area contributed by atoms with E-state index in [1.165, 1.54) is 0 Å². The average molecular weight is 196 g/mol. The first-order valence-corrected chi connectivity index (χ1v) is 5.19. The van der Waals surface area contributed by atoms with Crippen LogP contribution in [0.1, 0.15) is 6.42 Å². The van der Waals surface area contributed by atoms with Crippen LogP contribution in [0.5, 0.6) is 0 Å². The van der Waals surface area contributed by atoms with Crippen LogP contribution in [0.15, 0.2) is 0 Å². The molecule has 0 heterocycles. The summed E-state index contributed by atoms with van der Waals surface area (Å²) in [7, 11) is 0. The summed E-state index contributed by atoms with van der Waals surface area (Å²) in [5.74, 6) is -0.688. The molecule has 0 spiro atoms. The molecule has 0 aromatic rings. The number of rotatable bonds is 5. The quantitative estimate of drug-likeness (QED) is 0.479. The van der Waals surface area contributed by atoms with Crippen LogP contribution in [0, 0.1) is 0 Å². The van der Waals surface area contributed by atoms with E-state index in [4.69, 9.17) is 10.8 Å². The normalized spacial score (nSPS) is 9.44. The summed E-state index contributed by atoms with van der Waals surface area (Å²) in [5.41, 5.74) is 5.21. The van der Waals surface area contributed by atoms with Crippen molar-refractivity contribution >= 4 is 20.9 Å². The summed E-state index contributed by atoms with van der Waals surface area (Å²) in [5, 5.41) is 9.53. The van der Waals surface area contributed by atoms with Crippen molar-refractivity contribution < 1.29 is 9.90 Å². The minimum absolute atomic E-state index is 0.269. The van der Waals surface area contributed by atoms with E-state index >= 15 is 0 Å². The monoisotopic (exact) mass is 197 g/mol. The number of hydrogen-bond acceptors (Lipinski definition) is 2. The SMILES string of the molecule is NCCC[Se]CC(=O)O. The molecule has 9 heavy (non-hydrogen) atoms. The van der Waals surface area contributed by atoms with Crippen molar-refractivity contribution in [3.05, 3.63) is 0 Å². The Hall–Kier alpha value is -0.0505. The average Bonchev–Trinajstić information content (AvgIpc) is 1.80. The Bertz CT molecular complexity index is 87.0. The van der Waals surface area contributed by atoms with Gasteiger partial charge < -0.3 is 0 Å². The molecular formula is C5H11NO2Se. The van der Waals surface area contributed by atoms with Crippen LogP contribution in [0.2, 0.25) is 10.6 Å². The molecule has 0 aliphatic carbocycles. The zero-order chi connectivity index (χ0) is 7.11. The molecule has 0 aliphatic heterocycles. The van der Waals surface area contributed by atoms with Gasteiger partial charge in [0.15, 0.2) is 0 Å². The predicted molar refractivity (Wildman–Crippen MR) is 36.7 cm³/mol. The molecule has 0 radical (unpaired) electrons. The molecule has 0 saturated heterocycles. The maximum absolute atomic E-state index is 9.95. The third-order valence-electron chi connectivity index (χ3n) is 0.718. The molecule has 0 amide bonds. The summed E-state index contributed by atoms with van der Waals surface area (Å²) in [6.07, 6.45) is 0.966. The molecule has 54 valence electrons. The molecule has 0 saturated carbocycles. The third-order valence-corrected chi connectivity index (χ3v) is 2.88. The second-order valence-corrected chi connectivity index (χ2v) is 3.91. The number of nitrogens with two attached hydrogens (primary N) is 1. The second-order valence-electron chi connectivity index (χ2n) is 1.59. The molecule has 3 nitrogen and oxygen atoms in total. The summed E-state index contributed by atoms with van der Waals surface area (Å²) < 4.78 is 0. The maximum atomic E-state index is 9.95. The van der Waals surface area contributed by atoms with Gasteiger partial charge in [0.05, 0.1) is 0 Å². The Labute approximate surface area is 60.8 Å². The molecular weight excluding hydrogens is 185 g/mol. The van der Waals surface area contributed by atoms with Crippen molar-refractivity contribution in [3.63, 3.8) is 0 Å². The van der Waals surface area contributed by atoms with Crippen molar-refractivity contribution in [3.8, 4) is 0 Å². The zero-order valence-corrected chi connectivity index (χ0v) is 6.88. The zero-order valence-electron chi connectivity index (χ0n) is 5.17. The fourth-order valence-corrected chi connectivity index (χ4v) is 1.79. The van der Waals surface area contributed by atoms with Crippen molar-refractivity contribution in [2.75, 3.05) is 6.54 Å². The third kappa shape index (κ3) is 7.95. The van der Waals surface area contributed by atoms with Gasteiger partial charge in [-0.25, -0.2) is 0 Å². The molecule has 0 aromatic heterocycles. The van der Waals surface area contributed by atoms with Gasteiger partial charge in [-0.1, -0.05) is 0 Å². The number of carbonyl (C=O) groups is 1. The Morgan fingerprint density at radius 1 is 1.67 bits per heavy atom. The first kappa shape index (κ1) is 8.95. The number of carboxylic acids is 1. The number of aliphatic carboxylic acids is 1. The van der Waals surface area contributed by atoms with Crippen molar-refractivity contribution in [2.24, 2.45) is 5.73 Å². The van der Waals surface area contributed by atoms with Gasteiger partial charge in [-0.2, -0.15) is 0 Å². The van der Waals surface area contributed by atoms with E-state index in [9.17, 15) is 4.79 Å². The van der Waals surface area contributed by atoms with E-state index in [2.05, 4.69) is 0 Å². The van der Waals surface area contributed by atoms with E-state index in [1.807, 2.05) is 0 Å². The van der Waals surface area contributed by atoms with Gasteiger partial charge in [0.2, 0.25) is 0 Å². The van der Waals surface area contributed by atoms with E-state index in [1.54, 1.807) is 0 Å². The van der Waals surface area contributed by atoms with E-state index < -0.39 is 5.97 Å². The van der Waals surface area contributed by atoms with Gasteiger partial charge in [0.1, 0.15) is 0 Å². The standard InChI is InChI=1S/C5H11NO2Se/c6-2-1-3-9-4-5(7)8/h1-4,6H2,(H,7,8). The molecule has 0 fully saturated rings. The van der Waals surface area contributed by atoms with E-state index in [0.29, 0.717) is 11.9 Å². The Kier molecular flexibility index (Phi) is 6.04. The minimum atomic E-state index is -0.688. The Morgan fingerprint density at radius 3 is 2.78 bits per heavy atom. The van der Waals surface area contributed by atoms with Crippen LogP contribution >= 0.6 is 0 Å². The van der Waals surface area contributed by atoms with Crippen LogP contribution in [-0.4, -0.2) is 32.6 Å². The Balaban J connectivity index is 2.83. The molecule has 0 atom stereocenters. The summed E-state index contributed by atoms with van der Waals surface area (Å²) >= 11 is 0.269. The number of hydrogen-bond donors (Lipinski definition) is 2. The topological polar surface area (TPSA) is 63.3 Å². The van der Waals surface area contributed by atoms with Gasteiger partial charge in [-0.3, -0.25) is 0 Å². The van der Waals surface area contributed by atoms with Crippen molar-refractivity contribution in [1.29, 1.82) is 0 Å². The van der Waals surface area contributed by atoms with E-state index in [-0.39, 0.29) is 15.0 Å². The molecule has 0 aliphatic rings. The van der Waals surface area contributed by atoms with Crippen LogP contribution in [0.3, 0.4) is 0 Å². The van der Waals surface area contributed by atoms with Crippen LogP contribution in [-0.2, 0) is 4.79 Å². The first-order valence-electron chi connectivity index (χ1n) is 2.77. The van der Waals surface area contributed by atoms with Gasteiger partial charge in [0.25, 0.3) is 0 Å². The predicted octanol–water partition coefficient (Wildman–Crippen LogP) is -0.0394. The molecule has 3 N–H and O–H groups in total. The fourth-order valence-electron chi connectivity index (χ4n) is 0.345. The van der Waals surface area contributed by atoms with Crippen molar-refractivity contribution in [2.45, 2.75) is 17.1 Å². The summed E-state index contributed by atoms with van der Waals surface area (Å²) in [6, 6.07) is 0. The molecule has 0 aromatic carbocycles. The van der Waals surface area contributed by atoms with Gasteiger partial charge in [-0.05, 0) is 0 Å². The van der Waals surface area contributed by atoms with E-state index in [0.717, 1.165) is 11.7 Å². The van der Waals surface area contributed by atoms with Crippen LogP contribution in [0.4, 0.5) is 0 Å². The second kappa shape index (κ2) is 6.08. The van der Waals surface area contributed by atoms with Gasteiger partial charge >= 0.3 is 60.2 Å². The van der Waals surface area contributed by atoms with Gasteiger partial charge in [0, 0.05) is 0 Å². The summed E-state index contributed by atoms with van der Waals surface area (Å²) in [4.78, 5) is 9.95. The first-order chi connectivity index (χ1) is 4.27. The molecule has 0 unspecified atom stereocenters. The number of carboxylic acid groups (broad SMARTS) is 1. The van der Waals surface area contributed by atoms with Crippen LogP contribution in [0.25, 0.3) is 0 Å². The van der Waals surface area contributed by atoms with Gasteiger partial charge in [-0.15, -0.1) is 0 Å². The Morgan fingerprint density at radius 2 is 2.33 bits per heavy atom. The fraction of sp³-hybridized carbons (Fsp3) is 0.800.